The number of rotatable bonds is 1. The Morgan fingerprint density at radius 3 is 2.30 bits per heavy atom. The predicted octanol–water partition coefficient (Wildman–Crippen LogP) is 0.918. The van der Waals surface area contributed by atoms with Crippen LogP contribution in [0.25, 0.3) is 0 Å². The Morgan fingerprint density at radius 1 is 1.30 bits per heavy atom. The van der Waals surface area contributed by atoms with Gasteiger partial charge in [-0.3, -0.25) is 0 Å². The van der Waals surface area contributed by atoms with E-state index >= 15 is 0 Å². The Morgan fingerprint density at radius 2 is 1.90 bits per heavy atom. The third-order valence-corrected chi connectivity index (χ3v) is 2.20. The summed E-state index contributed by atoms with van der Waals surface area (Å²) in [6.45, 7) is 0.279. The van der Waals surface area contributed by atoms with Gasteiger partial charge in [-0.1, -0.05) is 12.8 Å². The highest BCUT2D eigenvalue weighted by Crippen LogP contribution is 2.21. The number of hydrogen-bond donors (Lipinski definition) is 2. The molecule has 1 fully saturated rings. The van der Waals surface area contributed by atoms with E-state index in [9.17, 15) is 0 Å². The molecular formula is C7H16ClNO. The zero-order chi connectivity index (χ0) is 6.69. The van der Waals surface area contributed by atoms with Gasteiger partial charge in [0, 0.05) is 12.6 Å². The van der Waals surface area contributed by atoms with Crippen molar-refractivity contribution >= 4 is 12.4 Å². The molecule has 1 saturated carbocycles. The lowest BCUT2D eigenvalue weighted by atomic mass is 9.86. The standard InChI is InChI=1S/C7H15NO.ClH/c8-7-4-2-1-3-6(7)5-9;/h6-7,9H,1-5,8H2;1H. The average Bonchev–Trinajstić information content (AvgIpc) is 1.89. The van der Waals surface area contributed by atoms with Gasteiger partial charge in [-0.15, -0.1) is 12.4 Å². The summed E-state index contributed by atoms with van der Waals surface area (Å²) in [7, 11) is 0. The van der Waals surface area contributed by atoms with Crippen LogP contribution in [0, 0.1) is 5.92 Å². The van der Waals surface area contributed by atoms with Gasteiger partial charge in [-0.25, -0.2) is 0 Å². The van der Waals surface area contributed by atoms with Gasteiger partial charge < -0.3 is 10.8 Å². The van der Waals surface area contributed by atoms with Gasteiger partial charge in [0.05, 0.1) is 0 Å². The molecule has 1 rings (SSSR count). The van der Waals surface area contributed by atoms with E-state index in [0.29, 0.717) is 5.92 Å². The molecule has 1 aliphatic rings. The normalized spacial score (nSPS) is 33.0. The smallest absolute Gasteiger partial charge is 0.0474 e. The molecule has 0 saturated heterocycles. The van der Waals surface area contributed by atoms with Crippen LogP contribution in [0.4, 0.5) is 0 Å². The fraction of sp³-hybridized carbons (Fsp3) is 1.00. The summed E-state index contributed by atoms with van der Waals surface area (Å²) in [6, 6.07) is 0.267. The molecule has 2 atom stereocenters. The van der Waals surface area contributed by atoms with Crippen molar-refractivity contribution in [3.05, 3.63) is 0 Å². The van der Waals surface area contributed by atoms with Gasteiger partial charge in [-0.05, 0) is 18.8 Å². The van der Waals surface area contributed by atoms with Crippen molar-refractivity contribution < 1.29 is 5.11 Å². The second-order valence-electron chi connectivity index (χ2n) is 2.89. The highest BCUT2D eigenvalue weighted by molar-refractivity contribution is 5.85. The zero-order valence-corrected chi connectivity index (χ0v) is 6.94. The maximum absolute atomic E-state index is 8.78. The molecule has 10 heavy (non-hydrogen) atoms. The number of hydrogen-bond acceptors (Lipinski definition) is 2. The molecule has 0 heterocycles. The molecular weight excluding hydrogens is 150 g/mol. The molecule has 3 heteroatoms. The van der Waals surface area contributed by atoms with Gasteiger partial charge in [0.25, 0.3) is 0 Å². The van der Waals surface area contributed by atoms with Gasteiger partial charge in [0.1, 0.15) is 0 Å². The molecule has 0 radical (unpaired) electrons. The van der Waals surface area contributed by atoms with Crippen molar-refractivity contribution in [1.82, 2.24) is 0 Å². The summed E-state index contributed by atoms with van der Waals surface area (Å²) in [5.41, 5.74) is 5.73. The van der Waals surface area contributed by atoms with Crippen LogP contribution in [0.5, 0.6) is 0 Å². The van der Waals surface area contributed by atoms with Gasteiger partial charge in [-0.2, -0.15) is 0 Å². The summed E-state index contributed by atoms with van der Waals surface area (Å²) in [5, 5.41) is 8.78. The van der Waals surface area contributed by atoms with E-state index in [1.807, 2.05) is 0 Å². The maximum Gasteiger partial charge on any atom is 0.0474 e. The quantitative estimate of drug-likeness (QED) is 0.607. The Kier molecular flexibility index (Phi) is 5.04. The molecule has 62 valence electrons. The highest BCUT2D eigenvalue weighted by atomic mass is 35.5. The number of nitrogens with two attached hydrogens (primary N) is 1. The molecule has 3 N–H and O–H groups in total. The van der Waals surface area contributed by atoms with Crippen molar-refractivity contribution in [3.63, 3.8) is 0 Å². The van der Waals surface area contributed by atoms with Crippen LogP contribution in [-0.4, -0.2) is 17.8 Å². The van der Waals surface area contributed by atoms with E-state index in [0.717, 1.165) is 12.8 Å². The minimum Gasteiger partial charge on any atom is -0.396 e. The zero-order valence-electron chi connectivity index (χ0n) is 6.12. The van der Waals surface area contributed by atoms with Crippen LogP contribution < -0.4 is 5.73 Å². The van der Waals surface area contributed by atoms with E-state index in [1.165, 1.54) is 12.8 Å². The lowest BCUT2D eigenvalue weighted by Crippen LogP contribution is -2.34. The molecule has 0 spiro atoms. The Bertz CT molecular complexity index is 89.7. The van der Waals surface area contributed by atoms with E-state index in [1.54, 1.807) is 0 Å². The monoisotopic (exact) mass is 165 g/mol. The Labute approximate surface area is 68.2 Å². The third-order valence-electron chi connectivity index (χ3n) is 2.20. The van der Waals surface area contributed by atoms with Gasteiger partial charge >= 0.3 is 0 Å². The summed E-state index contributed by atoms with van der Waals surface area (Å²) < 4.78 is 0. The number of aliphatic hydroxyl groups excluding tert-OH is 1. The van der Waals surface area contributed by atoms with Crippen molar-refractivity contribution in [2.75, 3.05) is 6.61 Å². The minimum atomic E-state index is 0. The lowest BCUT2D eigenvalue weighted by molar-refractivity contribution is 0.171. The molecule has 0 aromatic heterocycles. The summed E-state index contributed by atoms with van der Waals surface area (Å²) in [6.07, 6.45) is 4.72. The van der Waals surface area contributed by atoms with Crippen LogP contribution in [0.3, 0.4) is 0 Å². The molecule has 0 aliphatic heterocycles. The molecule has 2 nitrogen and oxygen atoms in total. The predicted molar refractivity (Wildman–Crippen MR) is 44.3 cm³/mol. The van der Waals surface area contributed by atoms with E-state index < -0.39 is 0 Å². The van der Waals surface area contributed by atoms with Crippen LogP contribution in [0.15, 0.2) is 0 Å². The molecule has 0 amide bonds. The SMILES string of the molecule is Cl.NC1CCCCC1CO. The largest absolute Gasteiger partial charge is 0.396 e. The summed E-state index contributed by atoms with van der Waals surface area (Å²) >= 11 is 0. The first-order chi connectivity index (χ1) is 4.34. The van der Waals surface area contributed by atoms with Crippen LogP contribution in [0.1, 0.15) is 25.7 Å². The van der Waals surface area contributed by atoms with Crippen LogP contribution in [0.2, 0.25) is 0 Å². The fourth-order valence-electron chi connectivity index (χ4n) is 1.46. The first-order valence-electron chi connectivity index (χ1n) is 3.71. The molecule has 2 unspecified atom stereocenters. The van der Waals surface area contributed by atoms with Crippen molar-refractivity contribution in [3.8, 4) is 0 Å². The Hall–Kier alpha value is 0.210. The fourth-order valence-corrected chi connectivity index (χ4v) is 1.46. The number of aliphatic hydroxyl groups is 1. The minimum absolute atomic E-state index is 0. The highest BCUT2D eigenvalue weighted by Gasteiger charge is 2.19. The topological polar surface area (TPSA) is 46.2 Å². The summed E-state index contributed by atoms with van der Waals surface area (Å²) in [5.74, 6) is 0.388. The summed E-state index contributed by atoms with van der Waals surface area (Å²) in [4.78, 5) is 0. The van der Waals surface area contributed by atoms with E-state index in [2.05, 4.69) is 0 Å². The molecule has 1 aliphatic carbocycles. The number of halogens is 1. The molecule has 0 aromatic rings. The lowest BCUT2D eigenvalue weighted by Gasteiger charge is -2.26. The average molecular weight is 166 g/mol. The Balaban J connectivity index is 0.000000810. The van der Waals surface area contributed by atoms with Crippen molar-refractivity contribution in [2.24, 2.45) is 11.7 Å². The second kappa shape index (κ2) is 4.94. The van der Waals surface area contributed by atoms with Crippen LogP contribution in [-0.2, 0) is 0 Å². The van der Waals surface area contributed by atoms with Crippen LogP contribution >= 0.6 is 12.4 Å². The van der Waals surface area contributed by atoms with E-state index in [-0.39, 0.29) is 25.1 Å². The van der Waals surface area contributed by atoms with Gasteiger partial charge in [0.15, 0.2) is 0 Å². The van der Waals surface area contributed by atoms with E-state index in [4.69, 9.17) is 10.8 Å². The third kappa shape index (κ3) is 2.45. The first kappa shape index (κ1) is 10.2. The second-order valence-corrected chi connectivity index (χ2v) is 2.89. The van der Waals surface area contributed by atoms with Gasteiger partial charge in [0.2, 0.25) is 0 Å². The first-order valence-corrected chi connectivity index (χ1v) is 3.71. The van der Waals surface area contributed by atoms with Crippen molar-refractivity contribution in [2.45, 2.75) is 31.7 Å². The molecule has 0 bridgehead atoms. The molecule has 0 aromatic carbocycles. The maximum atomic E-state index is 8.78. The van der Waals surface area contributed by atoms with Crippen molar-refractivity contribution in [1.29, 1.82) is 0 Å².